The number of hydrogen-bond acceptors (Lipinski definition) is 4. The van der Waals surface area contributed by atoms with Crippen LogP contribution in [0.25, 0.3) is 0 Å². The van der Waals surface area contributed by atoms with Crippen LogP contribution in [0, 0.1) is 5.92 Å². The average molecular weight is 420 g/mol. The van der Waals surface area contributed by atoms with Crippen LogP contribution in [0.1, 0.15) is 30.6 Å². The van der Waals surface area contributed by atoms with Crippen molar-refractivity contribution in [3.05, 3.63) is 47.0 Å². The zero-order chi connectivity index (χ0) is 21.4. The van der Waals surface area contributed by atoms with Crippen LogP contribution in [0.15, 0.2) is 36.4 Å². The molecule has 156 valence electrons. The van der Waals surface area contributed by atoms with Crippen molar-refractivity contribution in [3.63, 3.8) is 0 Å². The van der Waals surface area contributed by atoms with E-state index >= 15 is 0 Å². The Balaban J connectivity index is 2.10. The van der Waals surface area contributed by atoms with E-state index in [4.69, 9.17) is 21.1 Å². The molecular formula is C21H26ClN3O4. The van der Waals surface area contributed by atoms with Crippen LogP contribution in [0.2, 0.25) is 5.02 Å². The Morgan fingerprint density at radius 3 is 2.24 bits per heavy atom. The zero-order valence-electron chi connectivity index (χ0n) is 17.0. The number of nitrogens with one attached hydrogen (secondary N) is 3. The Labute approximate surface area is 175 Å². The van der Waals surface area contributed by atoms with Crippen molar-refractivity contribution in [2.24, 2.45) is 5.92 Å². The molecular weight excluding hydrogens is 394 g/mol. The molecule has 0 radical (unpaired) electrons. The van der Waals surface area contributed by atoms with Gasteiger partial charge in [0.25, 0.3) is 5.91 Å². The second-order valence-electron chi connectivity index (χ2n) is 6.76. The van der Waals surface area contributed by atoms with Crippen molar-refractivity contribution in [1.82, 2.24) is 5.32 Å². The highest BCUT2D eigenvalue weighted by molar-refractivity contribution is 6.32. The van der Waals surface area contributed by atoms with Crippen LogP contribution in [0.3, 0.4) is 0 Å². The Kier molecular flexibility index (Phi) is 8.15. The van der Waals surface area contributed by atoms with Crippen LogP contribution in [-0.4, -0.2) is 32.7 Å². The first-order valence-corrected chi connectivity index (χ1v) is 9.62. The molecule has 3 N–H and O–H groups in total. The molecule has 0 atom stereocenters. The van der Waals surface area contributed by atoms with E-state index < -0.39 is 0 Å². The fraction of sp³-hybridized carbons (Fsp3) is 0.333. The highest BCUT2D eigenvalue weighted by atomic mass is 35.5. The fourth-order valence-electron chi connectivity index (χ4n) is 2.42. The van der Waals surface area contributed by atoms with E-state index in [1.165, 1.54) is 14.2 Å². The number of carbonyl (C=O) groups excluding carboxylic acids is 2. The van der Waals surface area contributed by atoms with E-state index in [-0.39, 0.29) is 11.9 Å². The van der Waals surface area contributed by atoms with Gasteiger partial charge in [0, 0.05) is 24.0 Å². The molecule has 2 aromatic rings. The Bertz CT molecular complexity index is 854. The topological polar surface area (TPSA) is 88.7 Å². The van der Waals surface area contributed by atoms with Gasteiger partial charge in [-0.15, -0.1) is 0 Å². The van der Waals surface area contributed by atoms with Gasteiger partial charge in [0.1, 0.15) is 0 Å². The summed E-state index contributed by atoms with van der Waals surface area (Å²) in [4.78, 5) is 23.9. The summed E-state index contributed by atoms with van der Waals surface area (Å²) in [7, 11) is 3.03. The number of benzene rings is 2. The fourth-order valence-corrected chi connectivity index (χ4v) is 2.69. The van der Waals surface area contributed by atoms with Gasteiger partial charge in [-0.25, -0.2) is 4.79 Å². The lowest BCUT2D eigenvalue weighted by atomic mass is 10.1. The maximum atomic E-state index is 12.6. The minimum atomic E-state index is -0.342. The lowest BCUT2D eigenvalue weighted by Crippen LogP contribution is -2.24. The van der Waals surface area contributed by atoms with Crippen LogP contribution < -0.4 is 25.4 Å². The molecule has 0 aliphatic carbocycles. The molecule has 0 fully saturated rings. The second kappa shape index (κ2) is 10.6. The van der Waals surface area contributed by atoms with E-state index in [0.717, 1.165) is 6.42 Å². The summed E-state index contributed by atoms with van der Waals surface area (Å²) in [6.45, 7) is 4.73. The van der Waals surface area contributed by atoms with Gasteiger partial charge < -0.3 is 25.4 Å². The summed E-state index contributed by atoms with van der Waals surface area (Å²) in [5, 5.41) is 8.21. The van der Waals surface area contributed by atoms with Crippen molar-refractivity contribution in [1.29, 1.82) is 0 Å². The van der Waals surface area contributed by atoms with Crippen LogP contribution in [-0.2, 0) is 0 Å². The number of ether oxygens (including phenoxy) is 2. The minimum absolute atomic E-state index is 0.309. The van der Waals surface area contributed by atoms with Gasteiger partial charge in [0.15, 0.2) is 11.5 Å². The summed E-state index contributed by atoms with van der Waals surface area (Å²) in [5.74, 6) is 0.987. The smallest absolute Gasteiger partial charge is 0.318 e. The molecule has 0 heterocycles. The molecule has 0 aliphatic heterocycles. The van der Waals surface area contributed by atoms with Gasteiger partial charge in [-0.2, -0.15) is 0 Å². The first-order valence-electron chi connectivity index (χ1n) is 9.24. The molecule has 0 saturated heterocycles. The number of carbonyl (C=O) groups is 2. The van der Waals surface area contributed by atoms with Crippen molar-refractivity contribution >= 4 is 34.9 Å². The first-order chi connectivity index (χ1) is 13.8. The summed E-state index contributed by atoms with van der Waals surface area (Å²) in [5.41, 5.74) is 1.52. The van der Waals surface area contributed by atoms with Crippen molar-refractivity contribution in [2.45, 2.75) is 20.3 Å². The van der Waals surface area contributed by atoms with Crippen LogP contribution >= 0.6 is 11.6 Å². The minimum Gasteiger partial charge on any atom is -0.493 e. The number of rotatable bonds is 8. The van der Waals surface area contributed by atoms with E-state index in [1.54, 1.807) is 36.4 Å². The molecule has 8 heteroatoms. The highest BCUT2D eigenvalue weighted by Crippen LogP contribution is 2.37. The molecule has 0 aromatic heterocycles. The van der Waals surface area contributed by atoms with Crippen molar-refractivity contribution in [2.75, 3.05) is 31.4 Å². The monoisotopic (exact) mass is 419 g/mol. The third kappa shape index (κ3) is 6.57. The number of hydrogen-bond donors (Lipinski definition) is 3. The predicted molar refractivity (Wildman–Crippen MR) is 115 cm³/mol. The number of halogens is 1. The van der Waals surface area contributed by atoms with Gasteiger partial charge in [0.05, 0.1) is 18.7 Å². The van der Waals surface area contributed by atoms with Gasteiger partial charge in [-0.05, 0) is 48.7 Å². The van der Waals surface area contributed by atoms with Crippen LogP contribution in [0.5, 0.6) is 11.5 Å². The largest absolute Gasteiger partial charge is 0.493 e. The summed E-state index contributed by atoms with van der Waals surface area (Å²) in [6.07, 6.45) is 0.881. The second-order valence-corrected chi connectivity index (χ2v) is 7.16. The van der Waals surface area contributed by atoms with Crippen molar-refractivity contribution in [3.8, 4) is 11.5 Å². The van der Waals surface area contributed by atoms with E-state index in [0.29, 0.717) is 46.0 Å². The quantitative estimate of drug-likeness (QED) is 0.574. The Morgan fingerprint density at radius 2 is 1.69 bits per heavy atom. The lowest BCUT2D eigenvalue weighted by Gasteiger charge is -2.15. The number of methoxy groups -OCH3 is 1. The van der Waals surface area contributed by atoms with Crippen LogP contribution in [0.4, 0.5) is 16.2 Å². The zero-order valence-corrected chi connectivity index (χ0v) is 17.7. The molecule has 0 spiro atoms. The van der Waals surface area contributed by atoms with Gasteiger partial charge in [-0.3, -0.25) is 4.79 Å². The van der Waals surface area contributed by atoms with Gasteiger partial charge in [0.2, 0.25) is 0 Å². The Hall–Kier alpha value is -2.93. The van der Waals surface area contributed by atoms with E-state index in [9.17, 15) is 9.59 Å². The van der Waals surface area contributed by atoms with Gasteiger partial charge in [-0.1, -0.05) is 25.4 Å². The predicted octanol–water partition coefficient (Wildman–Crippen LogP) is 4.78. The molecule has 7 nitrogen and oxygen atoms in total. The van der Waals surface area contributed by atoms with E-state index in [1.807, 2.05) is 0 Å². The number of amides is 3. The third-order valence-electron chi connectivity index (χ3n) is 4.06. The summed E-state index contributed by atoms with van der Waals surface area (Å²) in [6, 6.07) is 9.56. The molecule has 2 aromatic carbocycles. The maximum absolute atomic E-state index is 12.6. The SMILES string of the molecule is CNC(=O)Nc1ccc(NC(=O)c2cc(Cl)c(OCCC(C)C)c(OC)c2)cc1. The normalized spacial score (nSPS) is 10.4. The van der Waals surface area contributed by atoms with E-state index in [2.05, 4.69) is 29.8 Å². The first kappa shape index (κ1) is 22.4. The molecule has 0 unspecified atom stereocenters. The summed E-state index contributed by atoms with van der Waals surface area (Å²) >= 11 is 6.33. The molecule has 0 bridgehead atoms. The third-order valence-corrected chi connectivity index (χ3v) is 4.34. The number of urea groups is 1. The lowest BCUT2D eigenvalue weighted by molar-refractivity contribution is 0.102. The molecule has 0 aliphatic rings. The molecule has 0 saturated carbocycles. The summed E-state index contributed by atoms with van der Waals surface area (Å²) < 4.78 is 11.1. The standard InChI is InChI=1S/C21H26ClN3O4/c1-13(2)9-10-29-19-17(22)11-14(12-18(19)28-4)20(26)24-15-5-7-16(8-6-15)25-21(27)23-3/h5-8,11-13H,9-10H2,1-4H3,(H,24,26)(H2,23,25,27). The Morgan fingerprint density at radius 1 is 1.07 bits per heavy atom. The van der Waals surface area contributed by atoms with Crippen molar-refractivity contribution < 1.29 is 19.1 Å². The highest BCUT2D eigenvalue weighted by Gasteiger charge is 2.16. The average Bonchev–Trinajstić information content (AvgIpc) is 2.69. The van der Waals surface area contributed by atoms with Gasteiger partial charge >= 0.3 is 6.03 Å². The number of anilines is 2. The molecule has 29 heavy (non-hydrogen) atoms. The maximum Gasteiger partial charge on any atom is 0.318 e. The molecule has 2 rings (SSSR count). The molecule has 3 amide bonds.